The second-order valence-corrected chi connectivity index (χ2v) is 2.99. The lowest BCUT2D eigenvalue weighted by atomic mass is 10.4. The van der Waals surface area contributed by atoms with E-state index in [1.54, 1.807) is 32.4 Å². The van der Waals surface area contributed by atoms with E-state index in [4.69, 9.17) is 11.6 Å². The second-order valence-electron chi connectivity index (χ2n) is 2.58. The van der Waals surface area contributed by atoms with Gasteiger partial charge in [0.05, 0.1) is 16.9 Å². The quantitative estimate of drug-likeness (QED) is 0.632. The minimum Gasteiger partial charge on any atom is -0.387 e. The number of anilines is 2. The lowest BCUT2D eigenvalue weighted by molar-refractivity contribution is 0.910. The van der Waals surface area contributed by atoms with Crippen molar-refractivity contribution >= 4 is 36.0 Å². The van der Waals surface area contributed by atoms with Crippen molar-refractivity contribution in [3.05, 3.63) is 17.3 Å². The van der Waals surface area contributed by atoms with Crippen LogP contribution in [0, 0.1) is 0 Å². The molecule has 0 atom stereocenters. The summed E-state index contributed by atoms with van der Waals surface area (Å²) < 4.78 is 0. The molecule has 5 nitrogen and oxygen atoms in total. The van der Waals surface area contributed by atoms with Gasteiger partial charge in [-0.3, -0.25) is 0 Å². The van der Waals surface area contributed by atoms with E-state index in [-0.39, 0.29) is 0 Å². The summed E-state index contributed by atoms with van der Waals surface area (Å²) in [4.78, 5) is 4.12. The van der Waals surface area contributed by atoms with Crippen molar-refractivity contribution in [1.29, 1.82) is 0 Å². The first-order chi connectivity index (χ1) is 7.22. The minimum absolute atomic E-state index is 0.448. The maximum Gasteiger partial charge on any atom is 0.193 e. The van der Waals surface area contributed by atoms with Crippen molar-refractivity contribution in [2.75, 3.05) is 17.5 Å². The first-order valence-corrected chi connectivity index (χ1v) is 4.69. The Morgan fingerprint density at radius 1 is 1.67 bits per heavy atom. The van der Waals surface area contributed by atoms with Gasteiger partial charge in [-0.2, -0.15) is 10.2 Å². The molecule has 6 heteroatoms. The average Bonchev–Trinajstić information content (AvgIpc) is 2.26. The van der Waals surface area contributed by atoms with Gasteiger partial charge < -0.3 is 5.32 Å². The predicted molar refractivity (Wildman–Crippen MR) is 65.0 cm³/mol. The van der Waals surface area contributed by atoms with Gasteiger partial charge in [0.2, 0.25) is 0 Å². The van der Waals surface area contributed by atoms with Crippen molar-refractivity contribution in [2.45, 2.75) is 6.92 Å². The smallest absolute Gasteiger partial charge is 0.193 e. The fourth-order valence-electron chi connectivity index (χ4n) is 0.982. The van der Waals surface area contributed by atoms with Gasteiger partial charge in [-0.1, -0.05) is 11.6 Å². The van der Waals surface area contributed by atoms with E-state index < -0.39 is 0 Å². The van der Waals surface area contributed by atoms with Crippen molar-refractivity contribution < 1.29 is 0 Å². The maximum atomic E-state index is 6.01. The van der Waals surface area contributed by atoms with E-state index in [0.29, 0.717) is 10.8 Å². The average molecular weight is 226 g/mol. The van der Waals surface area contributed by atoms with Crippen molar-refractivity contribution in [3.63, 3.8) is 0 Å². The Hall–Kier alpha value is -1.62. The van der Waals surface area contributed by atoms with Gasteiger partial charge in [0.15, 0.2) is 5.82 Å². The van der Waals surface area contributed by atoms with Crippen LogP contribution in [0.4, 0.5) is 11.5 Å². The van der Waals surface area contributed by atoms with Crippen LogP contribution in [0.1, 0.15) is 6.92 Å². The molecule has 0 saturated carbocycles. The molecule has 0 aliphatic heterocycles. The van der Waals surface area contributed by atoms with Crippen LogP contribution in [0.15, 0.2) is 22.5 Å². The van der Waals surface area contributed by atoms with Gasteiger partial charge in [-0.05, 0) is 13.0 Å². The molecule has 0 aliphatic carbocycles. The number of halogens is 1. The van der Waals surface area contributed by atoms with E-state index in [1.165, 1.54) is 5.12 Å². The highest BCUT2D eigenvalue weighted by Gasteiger charge is 2.09. The summed E-state index contributed by atoms with van der Waals surface area (Å²) in [7, 11) is 1.79. The molecule has 0 saturated heterocycles. The lowest BCUT2D eigenvalue weighted by Gasteiger charge is -2.12. The van der Waals surface area contributed by atoms with Crippen LogP contribution < -0.4 is 10.4 Å². The molecule has 0 amide bonds. The summed E-state index contributed by atoms with van der Waals surface area (Å²) in [5.41, 5.74) is 0.827. The zero-order valence-electron chi connectivity index (χ0n) is 8.61. The molecule has 0 spiro atoms. The fourth-order valence-corrected chi connectivity index (χ4v) is 1.22. The molecule has 0 bridgehead atoms. The normalized spacial score (nSPS) is 10.3. The van der Waals surface area contributed by atoms with Crippen LogP contribution in [0.3, 0.4) is 0 Å². The van der Waals surface area contributed by atoms with Gasteiger partial charge in [-0.25, -0.2) is 4.98 Å². The van der Waals surface area contributed by atoms with E-state index in [9.17, 15) is 0 Å². The summed E-state index contributed by atoms with van der Waals surface area (Å²) >= 11 is 6.01. The number of nitrogens with zero attached hydrogens (tertiary/aromatic N) is 4. The largest absolute Gasteiger partial charge is 0.387 e. The molecule has 1 rings (SSSR count). The molecule has 80 valence electrons. The number of aromatic nitrogens is 1. The van der Waals surface area contributed by atoms with Gasteiger partial charge in [0.25, 0.3) is 0 Å². The van der Waals surface area contributed by atoms with Gasteiger partial charge in [-0.15, -0.1) is 5.12 Å². The van der Waals surface area contributed by atoms with Crippen LogP contribution in [0.5, 0.6) is 0 Å². The van der Waals surface area contributed by atoms with E-state index in [2.05, 4.69) is 27.2 Å². The SMILES string of the molecule is C=NN(/N=C\C)c1ncc(NC)cc1Cl. The Balaban J connectivity index is 3.08. The second kappa shape index (κ2) is 5.31. The highest BCUT2D eigenvalue weighted by Crippen LogP contribution is 2.26. The Labute approximate surface area is 93.5 Å². The first kappa shape index (κ1) is 11.5. The van der Waals surface area contributed by atoms with Crippen molar-refractivity contribution in [1.82, 2.24) is 4.98 Å². The van der Waals surface area contributed by atoms with Crippen LogP contribution in [0.25, 0.3) is 0 Å². The number of hydrogen-bond donors (Lipinski definition) is 1. The van der Waals surface area contributed by atoms with Gasteiger partial charge in [0, 0.05) is 20.0 Å². The van der Waals surface area contributed by atoms with Crippen LogP contribution in [0.2, 0.25) is 5.02 Å². The number of hydrazone groups is 2. The number of nitrogens with one attached hydrogen (secondary N) is 1. The topological polar surface area (TPSA) is 52.9 Å². The van der Waals surface area contributed by atoms with Crippen LogP contribution >= 0.6 is 11.6 Å². The molecule has 1 heterocycles. The lowest BCUT2D eigenvalue weighted by Crippen LogP contribution is -2.09. The summed E-state index contributed by atoms with van der Waals surface area (Å²) in [6.07, 6.45) is 3.23. The van der Waals surface area contributed by atoms with Crippen molar-refractivity contribution in [3.8, 4) is 0 Å². The fraction of sp³-hybridized carbons (Fsp3) is 0.222. The summed E-state index contributed by atoms with van der Waals surface area (Å²) in [6.45, 7) is 5.16. The monoisotopic (exact) mass is 225 g/mol. The molecule has 0 unspecified atom stereocenters. The third-order valence-corrected chi connectivity index (χ3v) is 1.94. The standard InChI is InChI=1S/C9H12ClN5/c1-4-14-15(12-3)9-8(10)5-7(11-2)6-13-9/h4-6,11H,3H2,1-2H3/b14-4-. The molecule has 1 aromatic rings. The van der Waals surface area contributed by atoms with E-state index in [1.807, 2.05) is 0 Å². The molecule has 0 aliphatic rings. The van der Waals surface area contributed by atoms with Gasteiger partial charge >= 0.3 is 0 Å². The summed E-state index contributed by atoms with van der Waals surface area (Å²) in [6, 6.07) is 1.74. The minimum atomic E-state index is 0.448. The van der Waals surface area contributed by atoms with Crippen LogP contribution in [-0.4, -0.2) is 25.0 Å². The summed E-state index contributed by atoms with van der Waals surface area (Å²) in [5.74, 6) is 0.448. The van der Waals surface area contributed by atoms with E-state index in [0.717, 1.165) is 5.69 Å². The highest BCUT2D eigenvalue weighted by molar-refractivity contribution is 6.33. The zero-order valence-corrected chi connectivity index (χ0v) is 9.36. The highest BCUT2D eigenvalue weighted by atomic mass is 35.5. The molecular weight excluding hydrogens is 214 g/mol. The molecule has 0 aromatic carbocycles. The molecule has 1 aromatic heterocycles. The van der Waals surface area contributed by atoms with Gasteiger partial charge in [0.1, 0.15) is 0 Å². The molecule has 0 radical (unpaired) electrons. The molecule has 0 fully saturated rings. The Morgan fingerprint density at radius 2 is 2.40 bits per heavy atom. The van der Waals surface area contributed by atoms with Crippen LogP contribution in [-0.2, 0) is 0 Å². The molecule has 15 heavy (non-hydrogen) atoms. The third-order valence-electron chi connectivity index (χ3n) is 1.66. The molecule has 1 N–H and O–H groups in total. The number of hydrogen-bond acceptors (Lipinski definition) is 5. The van der Waals surface area contributed by atoms with E-state index >= 15 is 0 Å². The predicted octanol–water partition coefficient (Wildman–Crippen LogP) is 2.20. The maximum absolute atomic E-state index is 6.01. The Morgan fingerprint density at radius 3 is 2.87 bits per heavy atom. The summed E-state index contributed by atoms with van der Waals surface area (Å²) in [5, 5.41) is 12.3. The van der Waals surface area contributed by atoms with Crippen molar-refractivity contribution in [2.24, 2.45) is 10.2 Å². The number of rotatable bonds is 4. The Bertz CT molecular complexity index is 377. The first-order valence-electron chi connectivity index (χ1n) is 4.31. The zero-order chi connectivity index (χ0) is 11.3. The third kappa shape index (κ3) is 2.66. The molecular formula is C9H12ClN5. The number of pyridine rings is 1. The Kier molecular flexibility index (Phi) is 4.05.